The van der Waals surface area contributed by atoms with Crippen LogP contribution in [-0.2, 0) is 4.87 Å². The maximum Gasteiger partial charge on any atom is 0.119 e. The van der Waals surface area contributed by atoms with E-state index in [-0.39, 0.29) is 0 Å². The van der Waals surface area contributed by atoms with Crippen molar-refractivity contribution < 1.29 is 9.47 Å². The monoisotopic (exact) mass is 464 g/mol. The van der Waals surface area contributed by atoms with Crippen molar-refractivity contribution in [3.8, 4) is 11.5 Å². The number of benzene rings is 3. The summed E-state index contributed by atoms with van der Waals surface area (Å²) in [4.78, 5) is -0.789. The zero-order valence-electron chi connectivity index (χ0n) is 14.0. The molecule has 0 fully saturated rings. The van der Waals surface area contributed by atoms with Gasteiger partial charge in [0.25, 0.3) is 0 Å². The van der Waals surface area contributed by atoms with Crippen LogP contribution in [0.4, 0.5) is 0 Å². The maximum atomic E-state index is 7.27. The van der Waals surface area contributed by atoms with Crippen LogP contribution in [0.3, 0.4) is 0 Å². The van der Waals surface area contributed by atoms with Crippen molar-refractivity contribution in [2.24, 2.45) is 0 Å². The number of halogens is 2. The van der Waals surface area contributed by atoms with Crippen molar-refractivity contribution >= 4 is 34.2 Å². The number of methoxy groups -OCH3 is 2. The molecule has 0 amide bonds. The highest BCUT2D eigenvalue weighted by molar-refractivity contribution is 14.1. The average molecular weight is 465 g/mol. The molecule has 0 radical (unpaired) electrons. The zero-order chi connectivity index (χ0) is 17.9. The van der Waals surface area contributed by atoms with Gasteiger partial charge in [0, 0.05) is 3.57 Å². The summed E-state index contributed by atoms with van der Waals surface area (Å²) in [5, 5.41) is 0. The molecule has 4 heteroatoms. The van der Waals surface area contributed by atoms with Crippen LogP contribution in [0.5, 0.6) is 11.5 Å². The van der Waals surface area contributed by atoms with Gasteiger partial charge >= 0.3 is 0 Å². The third-order valence-corrected chi connectivity index (χ3v) is 5.59. The molecule has 0 aliphatic carbocycles. The summed E-state index contributed by atoms with van der Waals surface area (Å²) in [6.45, 7) is 0. The molecule has 0 heterocycles. The van der Waals surface area contributed by atoms with Gasteiger partial charge in [0.15, 0.2) is 0 Å². The van der Waals surface area contributed by atoms with Gasteiger partial charge in [-0.1, -0.05) is 36.4 Å². The Kier molecular flexibility index (Phi) is 5.54. The highest BCUT2D eigenvalue weighted by Gasteiger charge is 2.34. The summed E-state index contributed by atoms with van der Waals surface area (Å²) in [5.41, 5.74) is 2.99. The van der Waals surface area contributed by atoms with Crippen LogP contribution < -0.4 is 9.47 Å². The van der Waals surface area contributed by atoms with Gasteiger partial charge in [0.2, 0.25) is 0 Å². The Morgan fingerprint density at radius 3 is 1.28 bits per heavy atom. The standard InChI is InChI=1S/C21H18ClIO2/c1-24-19-11-5-16(6-12-19)21(22,15-3-9-18(23)10-4-15)17-7-13-20(25-2)14-8-17/h3-14H,1-2H3. The number of hydrogen-bond acceptors (Lipinski definition) is 2. The van der Waals surface area contributed by atoms with Crippen LogP contribution >= 0.6 is 34.2 Å². The first-order chi connectivity index (χ1) is 12.1. The highest BCUT2D eigenvalue weighted by Crippen LogP contribution is 2.44. The SMILES string of the molecule is COc1ccc(C(Cl)(c2ccc(I)cc2)c2ccc(OC)cc2)cc1. The fourth-order valence-electron chi connectivity index (χ4n) is 2.82. The predicted octanol–water partition coefficient (Wildman–Crippen LogP) is 5.84. The van der Waals surface area contributed by atoms with Crippen LogP contribution in [0.15, 0.2) is 72.8 Å². The molecule has 0 saturated heterocycles. The van der Waals surface area contributed by atoms with E-state index >= 15 is 0 Å². The minimum absolute atomic E-state index is 0.789. The topological polar surface area (TPSA) is 18.5 Å². The number of ether oxygens (including phenoxy) is 2. The van der Waals surface area contributed by atoms with Crippen LogP contribution in [0, 0.1) is 3.57 Å². The van der Waals surface area contributed by atoms with Crippen LogP contribution in [0.2, 0.25) is 0 Å². The molecule has 3 aromatic rings. The lowest BCUT2D eigenvalue weighted by Crippen LogP contribution is -2.22. The summed E-state index contributed by atoms with van der Waals surface area (Å²) in [6, 6.07) is 24.0. The Hall–Kier alpha value is -1.72. The lowest BCUT2D eigenvalue weighted by atomic mass is 9.84. The molecule has 0 aliphatic heterocycles. The summed E-state index contributed by atoms with van der Waals surface area (Å²) in [5.74, 6) is 1.61. The molecule has 0 atom stereocenters. The minimum atomic E-state index is -0.789. The first kappa shape index (κ1) is 18.1. The summed E-state index contributed by atoms with van der Waals surface area (Å²) >= 11 is 9.57. The van der Waals surface area contributed by atoms with Crippen LogP contribution in [0.25, 0.3) is 0 Å². The van der Waals surface area contributed by atoms with Crippen molar-refractivity contribution in [2.45, 2.75) is 4.87 Å². The molecule has 2 nitrogen and oxygen atoms in total. The van der Waals surface area contributed by atoms with Crippen molar-refractivity contribution in [1.82, 2.24) is 0 Å². The number of hydrogen-bond donors (Lipinski definition) is 0. The third-order valence-electron chi connectivity index (χ3n) is 4.22. The molecule has 128 valence electrons. The minimum Gasteiger partial charge on any atom is -0.497 e. The quantitative estimate of drug-likeness (QED) is 0.268. The summed E-state index contributed by atoms with van der Waals surface area (Å²) in [6.07, 6.45) is 0. The van der Waals surface area contributed by atoms with Crippen LogP contribution in [0.1, 0.15) is 16.7 Å². The molecular weight excluding hydrogens is 447 g/mol. The van der Waals surface area contributed by atoms with E-state index in [4.69, 9.17) is 21.1 Å². The first-order valence-electron chi connectivity index (χ1n) is 7.82. The van der Waals surface area contributed by atoms with E-state index in [9.17, 15) is 0 Å². The lowest BCUT2D eigenvalue weighted by molar-refractivity contribution is 0.414. The molecule has 0 N–H and O–H groups in total. The summed E-state index contributed by atoms with van der Waals surface area (Å²) in [7, 11) is 3.32. The number of alkyl halides is 1. The van der Waals surface area contributed by atoms with Gasteiger partial charge < -0.3 is 9.47 Å². The Morgan fingerprint density at radius 1 is 0.640 bits per heavy atom. The maximum absolute atomic E-state index is 7.27. The van der Waals surface area contributed by atoms with Crippen molar-refractivity contribution in [3.05, 3.63) is 93.1 Å². The lowest BCUT2D eigenvalue weighted by Gasteiger charge is -2.29. The van der Waals surface area contributed by atoms with Crippen molar-refractivity contribution in [1.29, 1.82) is 0 Å². The normalized spacial score (nSPS) is 11.2. The van der Waals surface area contributed by atoms with E-state index in [1.54, 1.807) is 14.2 Å². The molecule has 0 bridgehead atoms. The second-order valence-electron chi connectivity index (χ2n) is 5.62. The molecule has 0 spiro atoms. The van der Waals surface area contributed by atoms with Crippen molar-refractivity contribution in [3.63, 3.8) is 0 Å². The number of rotatable bonds is 5. The molecule has 0 aliphatic rings. The fourth-order valence-corrected chi connectivity index (χ4v) is 3.56. The molecule has 3 rings (SSSR count). The predicted molar refractivity (Wildman–Crippen MR) is 111 cm³/mol. The van der Waals surface area contributed by atoms with E-state index in [1.807, 2.05) is 48.5 Å². The molecule has 25 heavy (non-hydrogen) atoms. The van der Waals surface area contributed by atoms with Gasteiger partial charge in [-0.05, 0) is 75.7 Å². The second kappa shape index (κ2) is 7.67. The van der Waals surface area contributed by atoms with Gasteiger partial charge in [-0.15, -0.1) is 11.6 Å². The second-order valence-corrected chi connectivity index (χ2v) is 7.43. The zero-order valence-corrected chi connectivity index (χ0v) is 16.9. The average Bonchev–Trinajstić information content (AvgIpc) is 2.68. The molecule has 0 aromatic heterocycles. The first-order valence-corrected chi connectivity index (χ1v) is 9.27. The van der Waals surface area contributed by atoms with Gasteiger partial charge in [-0.2, -0.15) is 0 Å². The van der Waals surface area contributed by atoms with E-state index in [0.29, 0.717) is 0 Å². The van der Waals surface area contributed by atoms with Gasteiger partial charge in [-0.25, -0.2) is 0 Å². The van der Waals surface area contributed by atoms with E-state index in [2.05, 4.69) is 46.9 Å². The van der Waals surface area contributed by atoms with Gasteiger partial charge in [-0.3, -0.25) is 0 Å². The van der Waals surface area contributed by atoms with Gasteiger partial charge in [0.1, 0.15) is 16.4 Å². The largest absolute Gasteiger partial charge is 0.497 e. The molecule has 0 saturated carbocycles. The Morgan fingerprint density at radius 2 is 0.960 bits per heavy atom. The summed E-state index contributed by atoms with van der Waals surface area (Å²) < 4.78 is 11.7. The van der Waals surface area contributed by atoms with Crippen LogP contribution in [-0.4, -0.2) is 14.2 Å². The highest BCUT2D eigenvalue weighted by atomic mass is 127. The smallest absolute Gasteiger partial charge is 0.119 e. The fraction of sp³-hybridized carbons (Fsp3) is 0.143. The molecule has 0 unspecified atom stereocenters. The van der Waals surface area contributed by atoms with E-state index in [1.165, 1.54) is 3.57 Å². The van der Waals surface area contributed by atoms with Crippen molar-refractivity contribution in [2.75, 3.05) is 14.2 Å². The van der Waals surface area contributed by atoms with E-state index < -0.39 is 4.87 Å². The van der Waals surface area contributed by atoms with E-state index in [0.717, 1.165) is 28.2 Å². The third kappa shape index (κ3) is 3.62. The molecule has 3 aromatic carbocycles. The Bertz CT molecular complexity index is 780. The molecular formula is C21H18ClIO2. The van der Waals surface area contributed by atoms with Gasteiger partial charge in [0.05, 0.1) is 14.2 Å². The Labute approximate surface area is 166 Å². The Balaban J connectivity index is 2.16.